The summed E-state index contributed by atoms with van der Waals surface area (Å²) in [5.41, 5.74) is 1.38. The number of hydrogen-bond acceptors (Lipinski definition) is 3. The molecule has 19 heavy (non-hydrogen) atoms. The number of fused-ring (bicyclic) bond motifs is 1. The third-order valence-electron chi connectivity index (χ3n) is 3.45. The van der Waals surface area contributed by atoms with E-state index in [2.05, 4.69) is 4.98 Å². The monoisotopic (exact) mass is 259 g/mol. The van der Waals surface area contributed by atoms with Crippen LogP contribution in [0.3, 0.4) is 0 Å². The van der Waals surface area contributed by atoms with Gasteiger partial charge in [-0.05, 0) is 25.0 Å². The summed E-state index contributed by atoms with van der Waals surface area (Å²) < 4.78 is 1.75. The van der Waals surface area contributed by atoms with E-state index in [-0.39, 0.29) is 5.91 Å². The van der Waals surface area contributed by atoms with Crippen molar-refractivity contribution in [1.82, 2.24) is 14.3 Å². The van der Waals surface area contributed by atoms with E-state index in [0.29, 0.717) is 18.5 Å². The summed E-state index contributed by atoms with van der Waals surface area (Å²) in [7, 11) is 0. The maximum atomic E-state index is 12.4. The van der Waals surface area contributed by atoms with E-state index in [1.165, 1.54) is 4.90 Å². The van der Waals surface area contributed by atoms with E-state index < -0.39 is 12.0 Å². The van der Waals surface area contributed by atoms with Gasteiger partial charge in [-0.3, -0.25) is 4.79 Å². The molecule has 1 amide bonds. The van der Waals surface area contributed by atoms with Gasteiger partial charge in [0.25, 0.3) is 5.91 Å². The lowest BCUT2D eigenvalue weighted by atomic mass is 10.2. The number of aliphatic carboxylic acids is 1. The molecule has 0 aromatic carbocycles. The molecule has 0 aliphatic carbocycles. The SMILES string of the molecule is O=C(O)[C@@H]1CCCN1C(=O)c1ccc2cncn2c1. The Balaban J connectivity index is 1.92. The van der Waals surface area contributed by atoms with Gasteiger partial charge in [-0.15, -0.1) is 0 Å². The minimum absolute atomic E-state index is 0.236. The van der Waals surface area contributed by atoms with E-state index >= 15 is 0 Å². The molecule has 1 atom stereocenters. The van der Waals surface area contributed by atoms with Crippen LogP contribution in [-0.4, -0.2) is 43.9 Å². The molecule has 1 saturated heterocycles. The van der Waals surface area contributed by atoms with E-state index in [4.69, 9.17) is 5.11 Å². The van der Waals surface area contributed by atoms with E-state index in [9.17, 15) is 9.59 Å². The number of hydrogen-bond donors (Lipinski definition) is 1. The Hall–Kier alpha value is -2.37. The Bertz CT molecular complexity index is 649. The first-order valence-corrected chi connectivity index (χ1v) is 6.12. The molecule has 6 nitrogen and oxygen atoms in total. The Morgan fingerprint density at radius 2 is 2.21 bits per heavy atom. The molecule has 3 rings (SSSR count). The van der Waals surface area contributed by atoms with Crippen molar-refractivity contribution < 1.29 is 14.7 Å². The number of carbonyl (C=O) groups excluding carboxylic acids is 1. The van der Waals surface area contributed by atoms with E-state index in [0.717, 1.165) is 11.9 Å². The zero-order valence-electron chi connectivity index (χ0n) is 10.2. The van der Waals surface area contributed by atoms with Crippen LogP contribution in [0, 0.1) is 0 Å². The number of aromatic nitrogens is 2. The average Bonchev–Trinajstić information content (AvgIpc) is 3.05. The Morgan fingerprint density at radius 3 is 3.00 bits per heavy atom. The van der Waals surface area contributed by atoms with Crippen LogP contribution in [0.5, 0.6) is 0 Å². The van der Waals surface area contributed by atoms with Crippen LogP contribution in [0.25, 0.3) is 5.52 Å². The van der Waals surface area contributed by atoms with Gasteiger partial charge >= 0.3 is 5.97 Å². The average molecular weight is 259 g/mol. The first-order chi connectivity index (χ1) is 9.16. The maximum Gasteiger partial charge on any atom is 0.326 e. The van der Waals surface area contributed by atoms with Crippen LogP contribution in [-0.2, 0) is 4.79 Å². The molecule has 2 aromatic heterocycles. The second-order valence-electron chi connectivity index (χ2n) is 4.64. The van der Waals surface area contributed by atoms with Crippen molar-refractivity contribution in [3.63, 3.8) is 0 Å². The summed E-state index contributed by atoms with van der Waals surface area (Å²) >= 11 is 0. The third kappa shape index (κ3) is 1.95. The van der Waals surface area contributed by atoms with Gasteiger partial charge in [-0.25, -0.2) is 9.78 Å². The maximum absolute atomic E-state index is 12.4. The van der Waals surface area contributed by atoms with Gasteiger partial charge in [0.05, 0.1) is 23.6 Å². The normalized spacial score (nSPS) is 18.9. The molecule has 1 aliphatic rings. The largest absolute Gasteiger partial charge is 0.480 e. The summed E-state index contributed by atoms with van der Waals surface area (Å²) in [4.78, 5) is 28.9. The first kappa shape index (κ1) is 11.7. The Morgan fingerprint density at radius 1 is 1.37 bits per heavy atom. The number of carboxylic acids is 1. The van der Waals surface area contributed by atoms with Crippen LogP contribution < -0.4 is 0 Å². The smallest absolute Gasteiger partial charge is 0.326 e. The highest BCUT2D eigenvalue weighted by molar-refractivity contribution is 5.97. The van der Waals surface area contributed by atoms with Gasteiger partial charge in [0.2, 0.25) is 0 Å². The van der Waals surface area contributed by atoms with E-state index in [1.54, 1.807) is 35.3 Å². The van der Waals surface area contributed by atoms with Crippen molar-refractivity contribution in [3.8, 4) is 0 Å². The lowest BCUT2D eigenvalue weighted by Gasteiger charge is -2.21. The van der Waals surface area contributed by atoms with Crippen molar-refractivity contribution in [3.05, 3.63) is 36.4 Å². The van der Waals surface area contributed by atoms with Gasteiger partial charge in [0.1, 0.15) is 6.04 Å². The second kappa shape index (κ2) is 4.38. The number of carboxylic acid groups (broad SMARTS) is 1. The highest BCUT2D eigenvalue weighted by Crippen LogP contribution is 2.20. The zero-order valence-corrected chi connectivity index (χ0v) is 10.2. The fraction of sp³-hybridized carbons (Fsp3) is 0.308. The highest BCUT2D eigenvalue weighted by atomic mass is 16.4. The van der Waals surface area contributed by atoms with Gasteiger partial charge in [0, 0.05) is 12.7 Å². The second-order valence-corrected chi connectivity index (χ2v) is 4.64. The molecule has 0 saturated carbocycles. The van der Waals surface area contributed by atoms with Gasteiger partial charge in [0.15, 0.2) is 0 Å². The number of carbonyl (C=O) groups is 2. The summed E-state index contributed by atoms with van der Waals surface area (Å²) in [5, 5.41) is 9.11. The van der Waals surface area contributed by atoms with Gasteiger partial charge in [-0.1, -0.05) is 0 Å². The molecule has 1 aliphatic heterocycles. The summed E-state index contributed by atoms with van der Waals surface area (Å²) in [5.74, 6) is -1.17. The molecule has 1 N–H and O–H groups in total. The first-order valence-electron chi connectivity index (χ1n) is 6.12. The summed E-state index contributed by atoms with van der Waals surface area (Å²) in [6.45, 7) is 0.498. The van der Waals surface area contributed by atoms with Crippen LogP contribution in [0.4, 0.5) is 0 Å². The predicted octanol–water partition coefficient (Wildman–Crippen LogP) is 1.02. The number of amides is 1. The fourth-order valence-electron chi connectivity index (χ4n) is 2.48. The minimum Gasteiger partial charge on any atom is -0.480 e. The Kier molecular flexibility index (Phi) is 2.70. The van der Waals surface area contributed by atoms with Crippen molar-refractivity contribution in [1.29, 1.82) is 0 Å². The number of nitrogens with zero attached hydrogens (tertiary/aromatic N) is 3. The van der Waals surface area contributed by atoms with Gasteiger partial charge in [-0.2, -0.15) is 0 Å². The van der Waals surface area contributed by atoms with Crippen molar-refractivity contribution >= 4 is 17.4 Å². The number of rotatable bonds is 2. The molecular formula is C13H13N3O3. The summed E-state index contributed by atoms with van der Waals surface area (Å²) in [6.07, 6.45) is 6.25. The van der Waals surface area contributed by atoms with Crippen LogP contribution in [0.2, 0.25) is 0 Å². The van der Waals surface area contributed by atoms with Crippen LogP contribution in [0.1, 0.15) is 23.2 Å². The molecular weight excluding hydrogens is 246 g/mol. The van der Waals surface area contributed by atoms with Gasteiger partial charge < -0.3 is 14.4 Å². The molecule has 1 fully saturated rings. The highest BCUT2D eigenvalue weighted by Gasteiger charge is 2.34. The molecule has 98 valence electrons. The number of pyridine rings is 1. The van der Waals surface area contributed by atoms with Crippen molar-refractivity contribution in [2.45, 2.75) is 18.9 Å². The topological polar surface area (TPSA) is 74.9 Å². The molecule has 2 aromatic rings. The van der Waals surface area contributed by atoms with Crippen molar-refractivity contribution in [2.24, 2.45) is 0 Å². The summed E-state index contributed by atoms with van der Waals surface area (Å²) in [6, 6.07) is 2.80. The number of likely N-dealkylation sites (tertiary alicyclic amines) is 1. The minimum atomic E-state index is -0.936. The Labute approximate surface area is 109 Å². The quantitative estimate of drug-likeness (QED) is 0.873. The van der Waals surface area contributed by atoms with Crippen LogP contribution >= 0.6 is 0 Å². The lowest BCUT2D eigenvalue weighted by molar-refractivity contribution is -0.141. The molecule has 0 radical (unpaired) electrons. The zero-order chi connectivity index (χ0) is 13.4. The lowest BCUT2D eigenvalue weighted by Crippen LogP contribution is -2.40. The molecule has 0 unspecified atom stereocenters. The third-order valence-corrected chi connectivity index (χ3v) is 3.45. The van der Waals surface area contributed by atoms with Crippen LogP contribution in [0.15, 0.2) is 30.9 Å². The van der Waals surface area contributed by atoms with E-state index in [1.807, 2.05) is 0 Å². The standard InChI is InChI=1S/C13H13N3O3/c17-12(16-5-1-2-11(16)13(18)19)9-3-4-10-6-14-8-15(10)7-9/h3-4,6-8,11H,1-2,5H2,(H,18,19)/t11-/m0/s1. The molecule has 0 spiro atoms. The van der Waals surface area contributed by atoms with Crippen molar-refractivity contribution in [2.75, 3.05) is 6.54 Å². The predicted molar refractivity (Wildman–Crippen MR) is 66.9 cm³/mol. The fourth-order valence-corrected chi connectivity index (χ4v) is 2.48. The molecule has 3 heterocycles. The molecule has 0 bridgehead atoms. The number of imidazole rings is 1. The molecule has 6 heteroatoms.